The molecule has 0 amide bonds. The molecule has 20 heavy (non-hydrogen) atoms. The van der Waals surface area contributed by atoms with E-state index in [-0.39, 0.29) is 5.78 Å². The summed E-state index contributed by atoms with van der Waals surface area (Å²) < 4.78 is 5.86. The van der Waals surface area contributed by atoms with Crippen LogP contribution in [0.2, 0.25) is 0 Å². The van der Waals surface area contributed by atoms with Crippen molar-refractivity contribution in [1.29, 1.82) is 0 Å². The van der Waals surface area contributed by atoms with Gasteiger partial charge in [-0.15, -0.1) is 0 Å². The number of rotatable bonds is 4. The Morgan fingerprint density at radius 2 is 1.60 bits per heavy atom. The minimum atomic E-state index is -0.822. The normalized spacial score (nSPS) is 11.7. The quantitative estimate of drug-likeness (QED) is 0.630. The molecule has 0 radical (unpaired) electrons. The molecule has 0 N–H and O–H groups in total. The molecule has 0 saturated carbocycles. The van der Waals surface area contributed by atoms with E-state index < -0.39 is 12.1 Å². The Hall–Kier alpha value is -1.94. The van der Waals surface area contributed by atoms with Crippen LogP contribution >= 0.6 is 15.9 Å². The van der Waals surface area contributed by atoms with E-state index in [0.29, 0.717) is 15.6 Å². The van der Waals surface area contributed by atoms with Gasteiger partial charge in [0.2, 0.25) is 5.78 Å². The van der Waals surface area contributed by atoms with E-state index >= 15 is 0 Å². The van der Waals surface area contributed by atoms with Gasteiger partial charge in [0.15, 0.2) is 6.10 Å². The van der Waals surface area contributed by atoms with Crippen molar-refractivity contribution in [3.8, 4) is 0 Å². The fourth-order valence-electron chi connectivity index (χ4n) is 1.74. The summed E-state index contributed by atoms with van der Waals surface area (Å²) in [6.45, 7) is 1.57. The number of hydrogen-bond donors (Lipinski definition) is 0. The third kappa shape index (κ3) is 3.33. The molecule has 4 heteroatoms. The highest BCUT2D eigenvalue weighted by atomic mass is 79.9. The summed E-state index contributed by atoms with van der Waals surface area (Å²) in [5.41, 5.74) is 0.931. The smallest absolute Gasteiger partial charge is 0.339 e. The summed E-state index contributed by atoms with van der Waals surface area (Å²) in [7, 11) is 0. The molecule has 2 rings (SSSR count). The largest absolute Gasteiger partial charge is 0.451 e. The first kappa shape index (κ1) is 14.5. The number of Topliss-reactive ketones (excluding diaryl/α,β-unsaturated/α-hetero) is 1. The molecule has 0 aliphatic rings. The van der Waals surface area contributed by atoms with Crippen LogP contribution in [0.15, 0.2) is 59.1 Å². The molecule has 0 unspecified atom stereocenters. The van der Waals surface area contributed by atoms with E-state index in [0.717, 1.165) is 0 Å². The summed E-state index contributed by atoms with van der Waals surface area (Å²) in [4.78, 5) is 24.1. The Kier molecular flexibility index (Phi) is 4.69. The average Bonchev–Trinajstić information content (AvgIpc) is 2.47. The topological polar surface area (TPSA) is 43.4 Å². The van der Waals surface area contributed by atoms with Crippen molar-refractivity contribution in [2.45, 2.75) is 13.0 Å². The summed E-state index contributed by atoms with van der Waals surface area (Å²) in [5, 5.41) is 0. The maximum absolute atomic E-state index is 12.1. The zero-order valence-corrected chi connectivity index (χ0v) is 12.5. The van der Waals surface area contributed by atoms with Gasteiger partial charge in [-0.05, 0) is 35.0 Å². The van der Waals surface area contributed by atoms with Gasteiger partial charge in [-0.3, -0.25) is 4.79 Å². The van der Waals surface area contributed by atoms with Crippen LogP contribution in [0.3, 0.4) is 0 Å². The van der Waals surface area contributed by atoms with E-state index in [9.17, 15) is 9.59 Å². The van der Waals surface area contributed by atoms with Gasteiger partial charge >= 0.3 is 5.97 Å². The molecule has 2 aromatic rings. The van der Waals surface area contributed by atoms with Crippen LogP contribution < -0.4 is 0 Å². The van der Waals surface area contributed by atoms with Crippen LogP contribution in [0.5, 0.6) is 0 Å². The number of ketones is 1. The SMILES string of the molecule is C[C@@H](OC(=O)c1ccccc1Br)C(=O)c1ccccc1. The Bertz CT molecular complexity index is 623. The van der Waals surface area contributed by atoms with Crippen molar-refractivity contribution in [2.24, 2.45) is 0 Å². The lowest BCUT2D eigenvalue weighted by molar-refractivity contribution is 0.0318. The van der Waals surface area contributed by atoms with Crippen molar-refractivity contribution < 1.29 is 14.3 Å². The Labute approximate surface area is 125 Å². The lowest BCUT2D eigenvalue weighted by Gasteiger charge is -2.13. The predicted molar refractivity (Wildman–Crippen MR) is 79.8 cm³/mol. The fourth-order valence-corrected chi connectivity index (χ4v) is 2.19. The van der Waals surface area contributed by atoms with Crippen molar-refractivity contribution >= 4 is 27.7 Å². The highest BCUT2D eigenvalue weighted by Gasteiger charge is 2.21. The van der Waals surface area contributed by atoms with Crippen molar-refractivity contribution in [2.75, 3.05) is 0 Å². The molecule has 0 bridgehead atoms. The standard InChI is InChI=1S/C16H13BrO3/c1-11(15(18)12-7-3-2-4-8-12)20-16(19)13-9-5-6-10-14(13)17/h2-11H,1H3/t11-/m1/s1. The van der Waals surface area contributed by atoms with E-state index in [1.54, 1.807) is 55.5 Å². The van der Waals surface area contributed by atoms with Crippen molar-refractivity contribution in [3.63, 3.8) is 0 Å². The number of carbonyl (C=O) groups is 2. The average molecular weight is 333 g/mol. The third-order valence-electron chi connectivity index (χ3n) is 2.81. The van der Waals surface area contributed by atoms with Crippen molar-refractivity contribution in [3.05, 3.63) is 70.2 Å². The van der Waals surface area contributed by atoms with Gasteiger partial charge in [0, 0.05) is 10.0 Å². The first-order chi connectivity index (χ1) is 9.59. The zero-order valence-electron chi connectivity index (χ0n) is 10.9. The Morgan fingerprint density at radius 3 is 2.25 bits per heavy atom. The molecule has 0 saturated heterocycles. The number of hydrogen-bond acceptors (Lipinski definition) is 3. The highest BCUT2D eigenvalue weighted by molar-refractivity contribution is 9.10. The molecular formula is C16H13BrO3. The first-order valence-electron chi connectivity index (χ1n) is 6.14. The molecule has 0 heterocycles. The van der Waals surface area contributed by atoms with Crippen LogP contribution in [0.1, 0.15) is 27.6 Å². The zero-order chi connectivity index (χ0) is 14.5. The van der Waals surface area contributed by atoms with Crippen LogP contribution in [-0.4, -0.2) is 17.9 Å². The van der Waals surface area contributed by atoms with Crippen molar-refractivity contribution in [1.82, 2.24) is 0 Å². The minimum Gasteiger partial charge on any atom is -0.451 e. The number of halogens is 1. The molecule has 102 valence electrons. The monoisotopic (exact) mass is 332 g/mol. The van der Waals surface area contributed by atoms with Gasteiger partial charge in [-0.25, -0.2) is 4.79 Å². The Morgan fingerprint density at radius 1 is 1.00 bits per heavy atom. The lowest BCUT2D eigenvalue weighted by Crippen LogP contribution is -2.24. The maximum atomic E-state index is 12.1. The number of esters is 1. The molecule has 0 fully saturated rings. The second kappa shape index (κ2) is 6.48. The van der Waals surface area contributed by atoms with Gasteiger partial charge in [0.25, 0.3) is 0 Å². The molecule has 0 aliphatic carbocycles. The summed E-state index contributed by atoms with van der Waals surface area (Å²) >= 11 is 3.28. The third-order valence-corrected chi connectivity index (χ3v) is 3.50. The van der Waals surface area contributed by atoms with Crippen LogP contribution in [0, 0.1) is 0 Å². The summed E-state index contributed by atoms with van der Waals surface area (Å²) in [6.07, 6.45) is -0.822. The van der Waals surface area contributed by atoms with E-state index in [4.69, 9.17) is 4.74 Å². The fraction of sp³-hybridized carbons (Fsp3) is 0.125. The van der Waals surface area contributed by atoms with Gasteiger partial charge in [0.05, 0.1) is 5.56 Å². The summed E-state index contributed by atoms with van der Waals surface area (Å²) in [5.74, 6) is -0.736. The molecule has 0 spiro atoms. The Balaban J connectivity index is 2.09. The molecule has 2 aromatic carbocycles. The highest BCUT2D eigenvalue weighted by Crippen LogP contribution is 2.18. The minimum absolute atomic E-state index is 0.217. The molecular weight excluding hydrogens is 320 g/mol. The van der Waals surface area contributed by atoms with E-state index in [2.05, 4.69) is 15.9 Å². The second-order valence-electron chi connectivity index (χ2n) is 4.26. The number of carbonyl (C=O) groups excluding carboxylic acids is 2. The number of benzene rings is 2. The van der Waals surface area contributed by atoms with Crippen LogP contribution in [0.25, 0.3) is 0 Å². The van der Waals surface area contributed by atoms with Gasteiger partial charge in [-0.1, -0.05) is 42.5 Å². The number of ether oxygens (including phenoxy) is 1. The lowest BCUT2D eigenvalue weighted by atomic mass is 10.1. The van der Waals surface area contributed by atoms with E-state index in [1.165, 1.54) is 0 Å². The molecule has 3 nitrogen and oxygen atoms in total. The molecule has 0 aromatic heterocycles. The van der Waals surface area contributed by atoms with Gasteiger partial charge < -0.3 is 4.74 Å². The van der Waals surface area contributed by atoms with Crippen LogP contribution in [-0.2, 0) is 4.74 Å². The first-order valence-corrected chi connectivity index (χ1v) is 6.93. The van der Waals surface area contributed by atoms with E-state index in [1.807, 2.05) is 6.07 Å². The second-order valence-corrected chi connectivity index (χ2v) is 5.11. The van der Waals surface area contributed by atoms with Crippen LogP contribution in [0.4, 0.5) is 0 Å². The summed E-state index contributed by atoms with van der Waals surface area (Å²) in [6, 6.07) is 15.7. The maximum Gasteiger partial charge on any atom is 0.339 e. The van der Waals surface area contributed by atoms with Gasteiger partial charge in [0.1, 0.15) is 0 Å². The predicted octanol–water partition coefficient (Wildman–Crippen LogP) is 3.88. The van der Waals surface area contributed by atoms with Gasteiger partial charge in [-0.2, -0.15) is 0 Å². The molecule has 1 atom stereocenters. The molecule has 0 aliphatic heterocycles.